The number of nitrogens with one attached hydrogen (secondary N) is 1. The van der Waals surface area contributed by atoms with Gasteiger partial charge < -0.3 is 5.32 Å². The van der Waals surface area contributed by atoms with Crippen molar-refractivity contribution in [3.63, 3.8) is 0 Å². The summed E-state index contributed by atoms with van der Waals surface area (Å²) in [5, 5.41) is 17.7. The zero-order valence-corrected chi connectivity index (χ0v) is 8.49. The van der Waals surface area contributed by atoms with Gasteiger partial charge in [0.15, 0.2) is 0 Å². The lowest BCUT2D eigenvalue weighted by molar-refractivity contribution is -0.383. The average molecular weight is 219 g/mol. The Morgan fingerprint density at radius 1 is 1.50 bits per heavy atom. The summed E-state index contributed by atoms with van der Waals surface area (Å²) < 4.78 is 1.36. The van der Waals surface area contributed by atoms with E-state index in [1.807, 2.05) is 0 Å². The second-order valence-corrected chi connectivity index (χ2v) is 3.02. The fourth-order valence-corrected chi connectivity index (χ4v) is 1.44. The highest BCUT2D eigenvalue weighted by Gasteiger charge is 2.20. The van der Waals surface area contributed by atoms with Crippen LogP contribution in [0, 0.1) is 10.1 Å². The molecule has 7 heteroatoms. The summed E-state index contributed by atoms with van der Waals surface area (Å²) in [6.45, 7) is 0. The van der Waals surface area contributed by atoms with Crippen molar-refractivity contribution in [2.24, 2.45) is 0 Å². The smallest absolute Gasteiger partial charge is 0.317 e. The third kappa shape index (κ3) is 1.58. The predicted octanol–water partition coefficient (Wildman–Crippen LogP) is 1.22. The van der Waals surface area contributed by atoms with Crippen LogP contribution in [-0.4, -0.2) is 26.7 Å². The molecule has 0 saturated carbocycles. The predicted molar refractivity (Wildman–Crippen MR) is 57.6 cm³/mol. The van der Waals surface area contributed by atoms with Gasteiger partial charge in [-0.3, -0.25) is 10.1 Å². The first-order valence-corrected chi connectivity index (χ1v) is 4.54. The number of benzene rings is 1. The Bertz CT molecular complexity index is 509. The first-order chi connectivity index (χ1) is 7.74. The van der Waals surface area contributed by atoms with E-state index in [4.69, 9.17) is 0 Å². The Labute approximate surface area is 90.9 Å². The minimum atomic E-state index is -0.442. The molecule has 0 spiro atoms. The molecule has 1 aromatic heterocycles. The van der Waals surface area contributed by atoms with Gasteiger partial charge in [-0.15, -0.1) is 0 Å². The van der Waals surface area contributed by atoms with E-state index in [0.717, 1.165) is 0 Å². The number of anilines is 1. The van der Waals surface area contributed by atoms with Crippen LogP contribution in [0.2, 0.25) is 0 Å². The summed E-state index contributed by atoms with van der Waals surface area (Å²) >= 11 is 0. The molecule has 0 radical (unpaired) electrons. The molecular formula is C9H9N5O2. The largest absolute Gasteiger partial charge is 0.382 e. The summed E-state index contributed by atoms with van der Waals surface area (Å²) in [7, 11) is 1.63. The third-order valence-electron chi connectivity index (χ3n) is 2.13. The molecule has 2 rings (SSSR count). The molecule has 2 aromatic rings. The quantitative estimate of drug-likeness (QED) is 0.619. The Morgan fingerprint density at radius 3 is 2.88 bits per heavy atom. The first kappa shape index (κ1) is 10.1. The minimum Gasteiger partial charge on any atom is -0.382 e. The number of nitro benzene ring substituents is 1. The van der Waals surface area contributed by atoms with Gasteiger partial charge in [-0.1, -0.05) is 6.07 Å². The Kier molecular flexibility index (Phi) is 2.50. The molecule has 0 bridgehead atoms. The van der Waals surface area contributed by atoms with Crippen LogP contribution >= 0.6 is 0 Å². The van der Waals surface area contributed by atoms with Crippen molar-refractivity contribution in [3.8, 4) is 5.69 Å². The highest BCUT2D eigenvalue weighted by Crippen LogP contribution is 2.30. The van der Waals surface area contributed by atoms with Crippen molar-refractivity contribution in [2.45, 2.75) is 0 Å². The van der Waals surface area contributed by atoms with E-state index in [1.54, 1.807) is 25.2 Å². The van der Waals surface area contributed by atoms with E-state index < -0.39 is 4.92 Å². The number of para-hydroxylation sites is 1. The molecule has 0 aliphatic heterocycles. The van der Waals surface area contributed by atoms with E-state index in [-0.39, 0.29) is 5.69 Å². The van der Waals surface area contributed by atoms with E-state index in [2.05, 4.69) is 15.4 Å². The highest BCUT2D eigenvalue weighted by molar-refractivity contribution is 5.70. The standard InChI is InChI=1S/C9H9N5O2/c1-10-7-3-2-4-8(9(7)14(15)16)13-6-11-5-12-13/h2-6,10H,1H3. The van der Waals surface area contributed by atoms with Crippen LogP contribution in [0.15, 0.2) is 30.9 Å². The second kappa shape index (κ2) is 3.97. The van der Waals surface area contributed by atoms with Gasteiger partial charge >= 0.3 is 5.69 Å². The van der Waals surface area contributed by atoms with Crippen LogP contribution in [0.1, 0.15) is 0 Å². The maximum Gasteiger partial charge on any atom is 0.317 e. The number of rotatable bonds is 3. The van der Waals surface area contributed by atoms with E-state index in [1.165, 1.54) is 17.3 Å². The molecule has 82 valence electrons. The van der Waals surface area contributed by atoms with E-state index >= 15 is 0 Å². The molecule has 0 aliphatic rings. The number of hydrogen-bond donors (Lipinski definition) is 1. The number of hydrogen-bond acceptors (Lipinski definition) is 5. The van der Waals surface area contributed by atoms with E-state index in [9.17, 15) is 10.1 Å². The van der Waals surface area contributed by atoms with Crippen molar-refractivity contribution in [1.29, 1.82) is 0 Å². The van der Waals surface area contributed by atoms with Crippen molar-refractivity contribution in [3.05, 3.63) is 41.0 Å². The summed E-state index contributed by atoms with van der Waals surface area (Å²) in [4.78, 5) is 14.3. The maximum absolute atomic E-state index is 11.0. The molecular weight excluding hydrogens is 210 g/mol. The average Bonchev–Trinajstić information content (AvgIpc) is 2.81. The summed E-state index contributed by atoms with van der Waals surface area (Å²) in [5.74, 6) is 0. The highest BCUT2D eigenvalue weighted by atomic mass is 16.6. The number of aromatic nitrogens is 3. The van der Waals surface area contributed by atoms with Gasteiger partial charge in [-0.05, 0) is 12.1 Å². The van der Waals surface area contributed by atoms with Gasteiger partial charge in [0.1, 0.15) is 24.0 Å². The summed E-state index contributed by atoms with van der Waals surface area (Å²) in [6, 6.07) is 4.97. The zero-order valence-electron chi connectivity index (χ0n) is 8.49. The number of nitrogens with zero attached hydrogens (tertiary/aromatic N) is 4. The Balaban J connectivity index is 2.65. The second-order valence-electron chi connectivity index (χ2n) is 3.02. The molecule has 0 fully saturated rings. The zero-order chi connectivity index (χ0) is 11.5. The summed E-state index contributed by atoms with van der Waals surface area (Å²) in [5.41, 5.74) is 0.808. The molecule has 0 amide bonds. The van der Waals surface area contributed by atoms with Crippen LogP contribution in [-0.2, 0) is 0 Å². The molecule has 1 heterocycles. The molecule has 0 atom stereocenters. The first-order valence-electron chi connectivity index (χ1n) is 4.54. The van der Waals surface area contributed by atoms with Gasteiger partial charge in [-0.2, -0.15) is 5.10 Å². The Hall–Kier alpha value is -2.44. The molecule has 0 aliphatic carbocycles. The van der Waals surface area contributed by atoms with Crippen molar-refractivity contribution < 1.29 is 4.92 Å². The molecule has 1 N–H and O–H groups in total. The molecule has 7 nitrogen and oxygen atoms in total. The van der Waals surface area contributed by atoms with Crippen molar-refractivity contribution in [1.82, 2.24) is 14.8 Å². The van der Waals surface area contributed by atoms with Crippen LogP contribution in [0.3, 0.4) is 0 Å². The minimum absolute atomic E-state index is 0.0181. The lowest BCUT2D eigenvalue weighted by atomic mass is 10.2. The van der Waals surface area contributed by atoms with Crippen molar-refractivity contribution >= 4 is 11.4 Å². The van der Waals surface area contributed by atoms with Gasteiger partial charge in [-0.25, -0.2) is 9.67 Å². The molecule has 0 saturated heterocycles. The molecule has 1 aromatic carbocycles. The van der Waals surface area contributed by atoms with Crippen LogP contribution in [0.4, 0.5) is 11.4 Å². The van der Waals surface area contributed by atoms with Crippen molar-refractivity contribution in [2.75, 3.05) is 12.4 Å². The normalized spacial score (nSPS) is 10.1. The maximum atomic E-state index is 11.0. The third-order valence-corrected chi connectivity index (χ3v) is 2.13. The van der Waals surface area contributed by atoms with Gasteiger partial charge in [0.05, 0.1) is 4.92 Å². The van der Waals surface area contributed by atoms with Gasteiger partial charge in [0.25, 0.3) is 0 Å². The van der Waals surface area contributed by atoms with Crippen LogP contribution in [0.25, 0.3) is 5.69 Å². The lowest BCUT2D eigenvalue weighted by Gasteiger charge is -2.06. The molecule has 0 unspecified atom stereocenters. The monoisotopic (exact) mass is 219 g/mol. The van der Waals surface area contributed by atoms with E-state index in [0.29, 0.717) is 11.4 Å². The number of nitro groups is 1. The topological polar surface area (TPSA) is 85.9 Å². The molecule has 16 heavy (non-hydrogen) atoms. The fourth-order valence-electron chi connectivity index (χ4n) is 1.44. The summed E-state index contributed by atoms with van der Waals surface area (Å²) in [6.07, 6.45) is 2.75. The van der Waals surface area contributed by atoms with Crippen LogP contribution < -0.4 is 5.32 Å². The van der Waals surface area contributed by atoms with Gasteiger partial charge in [0, 0.05) is 7.05 Å². The van der Waals surface area contributed by atoms with Gasteiger partial charge in [0.2, 0.25) is 0 Å². The SMILES string of the molecule is CNc1cccc(-n2cncn2)c1[N+](=O)[O-]. The lowest BCUT2D eigenvalue weighted by Crippen LogP contribution is -2.03. The Morgan fingerprint density at radius 2 is 2.31 bits per heavy atom. The fraction of sp³-hybridized carbons (Fsp3) is 0.111. The van der Waals surface area contributed by atoms with Crippen LogP contribution in [0.5, 0.6) is 0 Å².